The molecule has 35 heavy (non-hydrogen) atoms. The highest BCUT2D eigenvalue weighted by Gasteiger charge is 2.35. The van der Waals surface area contributed by atoms with Crippen molar-refractivity contribution in [3.63, 3.8) is 0 Å². The van der Waals surface area contributed by atoms with Crippen LogP contribution in [-0.4, -0.2) is 46.9 Å². The minimum atomic E-state index is -0.432. The summed E-state index contributed by atoms with van der Waals surface area (Å²) in [5.41, 5.74) is 5.39. The van der Waals surface area contributed by atoms with E-state index in [4.69, 9.17) is 4.74 Å². The number of nitrogens with zero attached hydrogens (tertiary/aromatic N) is 3. The number of morpholine rings is 1. The van der Waals surface area contributed by atoms with Crippen LogP contribution >= 0.6 is 11.8 Å². The molecule has 2 aliphatic heterocycles. The van der Waals surface area contributed by atoms with Gasteiger partial charge in [0, 0.05) is 41.4 Å². The fourth-order valence-electron chi connectivity index (χ4n) is 4.54. The van der Waals surface area contributed by atoms with Crippen LogP contribution in [0, 0.1) is 19.7 Å². The molecule has 0 bridgehead atoms. The molecular formula is C27H26FN3O3S. The third-order valence-electron chi connectivity index (χ3n) is 6.40. The van der Waals surface area contributed by atoms with Gasteiger partial charge in [0.1, 0.15) is 5.82 Å². The van der Waals surface area contributed by atoms with Crippen LogP contribution in [0.1, 0.15) is 22.5 Å². The molecule has 6 nitrogen and oxygen atoms in total. The molecule has 0 atom stereocenters. The van der Waals surface area contributed by atoms with Gasteiger partial charge in [0.05, 0.1) is 24.7 Å². The number of aromatic nitrogens is 1. The van der Waals surface area contributed by atoms with E-state index in [1.54, 1.807) is 24.3 Å². The Hall–Kier alpha value is -3.36. The average molecular weight is 492 g/mol. The van der Waals surface area contributed by atoms with E-state index in [-0.39, 0.29) is 6.54 Å². The molecule has 1 aromatic heterocycles. The van der Waals surface area contributed by atoms with E-state index in [9.17, 15) is 14.0 Å². The lowest BCUT2D eigenvalue weighted by Gasteiger charge is -2.29. The van der Waals surface area contributed by atoms with Crippen molar-refractivity contribution >= 4 is 34.7 Å². The molecule has 3 aromatic rings. The molecule has 0 spiro atoms. The molecule has 2 aromatic carbocycles. The van der Waals surface area contributed by atoms with Crippen molar-refractivity contribution in [1.29, 1.82) is 0 Å². The summed E-state index contributed by atoms with van der Waals surface area (Å²) in [7, 11) is 0. The number of halogens is 1. The van der Waals surface area contributed by atoms with Crippen molar-refractivity contribution in [2.45, 2.75) is 20.4 Å². The Morgan fingerprint density at radius 3 is 2.40 bits per heavy atom. The highest BCUT2D eigenvalue weighted by Crippen LogP contribution is 2.35. The summed E-state index contributed by atoms with van der Waals surface area (Å²) < 4.78 is 21.6. The monoisotopic (exact) mass is 491 g/mol. The van der Waals surface area contributed by atoms with Gasteiger partial charge in [0.15, 0.2) is 0 Å². The van der Waals surface area contributed by atoms with Gasteiger partial charge < -0.3 is 14.2 Å². The lowest BCUT2D eigenvalue weighted by molar-refractivity contribution is -0.123. The number of carbonyl (C=O) groups is 2. The molecule has 5 rings (SSSR count). The Morgan fingerprint density at radius 1 is 1.00 bits per heavy atom. The molecule has 0 N–H and O–H groups in total. The Balaban J connectivity index is 1.38. The van der Waals surface area contributed by atoms with Crippen LogP contribution in [0.4, 0.5) is 14.9 Å². The van der Waals surface area contributed by atoms with Gasteiger partial charge in [-0.1, -0.05) is 18.2 Å². The number of hydrogen-bond donors (Lipinski definition) is 0. The maximum Gasteiger partial charge on any atom is 0.293 e. The molecule has 2 fully saturated rings. The number of carbonyl (C=O) groups excluding carboxylic acids is 2. The lowest BCUT2D eigenvalue weighted by Crippen LogP contribution is -2.36. The van der Waals surface area contributed by atoms with E-state index >= 15 is 0 Å². The summed E-state index contributed by atoms with van der Waals surface area (Å²) in [4.78, 5) is 29.2. The summed E-state index contributed by atoms with van der Waals surface area (Å²) in [6.07, 6.45) is 1.76. The fraction of sp³-hybridized carbons (Fsp3) is 0.259. The van der Waals surface area contributed by atoms with Crippen LogP contribution in [-0.2, 0) is 16.1 Å². The minimum absolute atomic E-state index is 0.0802. The fourth-order valence-corrected chi connectivity index (χ4v) is 5.37. The van der Waals surface area contributed by atoms with Gasteiger partial charge in [-0.3, -0.25) is 14.5 Å². The number of benzene rings is 2. The molecule has 0 saturated carbocycles. The first-order chi connectivity index (χ1) is 16.9. The van der Waals surface area contributed by atoms with Crippen LogP contribution in [0.25, 0.3) is 11.8 Å². The van der Waals surface area contributed by atoms with Crippen molar-refractivity contribution in [3.05, 3.63) is 87.8 Å². The second kappa shape index (κ2) is 9.71. The molecule has 2 saturated heterocycles. The number of thioether (sulfide) groups is 1. The standard InChI is InChI=1S/C27H26FN3O3S/c1-18-15-21(16-25-26(32)30(27(33)35-25)17-20-5-3-4-6-24(20)28)19(2)31(18)23-9-7-22(8-10-23)29-11-13-34-14-12-29/h3-10,15-16H,11-14,17H2,1-2H3/b25-16-. The highest BCUT2D eigenvalue weighted by atomic mass is 32.2. The van der Waals surface area contributed by atoms with Gasteiger partial charge in [-0.05, 0) is 73.6 Å². The summed E-state index contributed by atoms with van der Waals surface area (Å²) in [6.45, 7) is 7.19. The molecule has 180 valence electrons. The van der Waals surface area contributed by atoms with Crippen LogP contribution in [0.15, 0.2) is 59.5 Å². The Kier molecular flexibility index (Phi) is 6.49. The van der Waals surface area contributed by atoms with Crippen molar-refractivity contribution in [2.24, 2.45) is 0 Å². The molecule has 3 heterocycles. The van der Waals surface area contributed by atoms with E-state index in [0.717, 1.165) is 65.6 Å². The second-order valence-corrected chi connectivity index (χ2v) is 9.63. The van der Waals surface area contributed by atoms with Gasteiger partial charge in [-0.25, -0.2) is 4.39 Å². The maximum absolute atomic E-state index is 14.1. The first kappa shape index (κ1) is 23.4. The third-order valence-corrected chi connectivity index (χ3v) is 7.31. The lowest BCUT2D eigenvalue weighted by atomic mass is 10.2. The Morgan fingerprint density at radius 2 is 1.69 bits per heavy atom. The average Bonchev–Trinajstić information content (AvgIpc) is 3.30. The number of anilines is 1. The normalized spacial score (nSPS) is 17.6. The highest BCUT2D eigenvalue weighted by molar-refractivity contribution is 8.18. The van der Waals surface area contributed by atoms with Crippen LogP contribution in [0.3, 0.4) is 0 Å². The van der Waals surface area contributed by atoms with Gasteiger partial charge in [-0.15, -0.1) is 0 Å². The first-order valence-electron chi connectivity index (χ1n) is 11.5. The first-order valence-corrected chi connectivity index (χ1v) is 12.3. The third kappa shape index (κ3) is 4.63. The minimum Gasteiger partial charge on any atom is -0.378 e. The number of hydrogen-bond acceptors (Lipinski definition) is 5. The number of imide groups is 1. The molecule has 0 radical (unpaired) electrons. The molecule has 0 aliphatic carbocycles. The zero-order valence-corrected chi connectivity index (χ0v) is 20.5. The van der Waals surface area contributed by atoms with Gasteiger partial charge in [0.2, 0.25) is 0 Å². The van der Waals surface area contributed by atoms with Gasteiger partial charge >= 0.3 is 0 Å². The van der Waals surface area contributed by atoms with Crippen LogP contribution in [0.2, 0.25) is 0 Å². The van der Waals surface area contributed by atoms with Gasteiger partial charge in [0.25, 0.3) is 11.1 Å². The number of amides is 2. The predicted molar refractivity (Wildman–Crippen MR) is 136 cm³/mol. The summed E-state index contributed by atoms with van der Waals surface area (Å²) in [5.74, 6) is -0.832. The summed E-state index contributed by atoms with van der Waals surface area (Å²) in [5, 5.41) is -0.392. The number of aryl methyl sites for hydroxylation is 1. The van der Waals surface area contributed by atoms with Gasteiger partial charge in [-0.2, -0.15) is 0 Å². The topological polar surface area (TPSA) is 54.8 Å². The van der Waals surface area contributed by atoms with Crippen molar-refractivity contribution in [1.82, 2.24) is 9.47 Å². The SMILES string of the molecule is Cc1cc(/C=C2\SC(=O)N(Cc3ccccc3F)C2=O)c(C)n1-c1ccc(N2CCOCC2)cc1. The van der Waals surface area contributed by atoms with E-state index in [1.165, 1.54) is 11.8 Å². The molecule has 8 heteroatoms. The quantitative estimate of drug-likeness (QED) is 0.453. The number of ether oxygens (including phenoxy) is 1. The Labute approximate surface area is 208 Å². The Bertz CT molecular complexity index is 1310. The van der Waals surface area contributed by atoms with Crippen LogP contribution in [0.5, 0.6) is 0 Å². The van der Waals surface area contributed by atoms with Crippen molar-refractivity contribution < 1.29 is 18.7 Å². The zero-order chi connectivity index (χ0) is 24.5. The number of rotatable bonds is 5. The summed E-state index contributed by atoms with van der Waals surface area (Å²) >= 11 is 0.890. The van der Waals surface area contributed by atoms with Crippen molar-refractivity contribution in [3.8, 4) is 5.69 Å². The van der Waals surface area contributed by atoms with E-state index in [1.807, 2.05) is 19.9 Å². The smallest absolute Gasteiger partial charge is 0.293 e. The molecular weight excluding hydrogens is 465 g/mol. The summed E-state index contributed by atoms with van der Waals surface area (Å²) in [6, 6.07) is 16.6. The van der Waals surface area contributed by atoms with E-state index in [0.29, 0.717) is 10.5 Å². The zero-order valence-electron chi connectivity index (χ0n) is 19.7. The van der Waals surface area contributed by atoms with E-state index < -0.39 is 17.0 Å². The predicted octanol–water partition coefficient (Wildman–Crippen LogP) is 5.31. The van der Waals surface area contributed by atoms with Crippen LogP contribution < -0.4 is 4.90 Å². The van der Waals surface area contributed by atoms with E-state index in [2.05, 4.69) is 33.7 Å². The molecule has 2 amide bonds. The molecule has 2 aliphatic rings. The second-order valence-electron chi connectivity index (χ2n) is 8.64. The van der Waals surface area contributed by atoms with Crippen molar-refractivity contribution in [2.75, 3.05) is 31.2 Å². The molecule has 0 unspecified atom stereocenters. The largest absolute Gasteiger partial charge is 0.378 e. The maximum atomic E-state index is 14.1.